The number of thiophene rings is 1. The molecule has 0 bridgehead atoms. The maximum absolute atomic E-state index is 13.0. The lowest BCUT2D eigenvalue weighted by atomic mass is 10.1. The van der Waals surface area contributed by atoms with Gasteiger partial charge in [-0.15, -0.1) is 11.3 Å². The summed E-state index contributed by atoms with van der Waals surface area (Å²) in [7, 11) is 0. The molecule has 4 rings (SSSR count). The summed E-state index contributed by atoms with van der Waals surface area (Å²) in [6, 6.07) is 6.84. The van der Waals surface area contributed by atoms with Crippen molar-refractivity contribution >= 4 is 27.5 Å². The minimum Gasteiger partial charge on any atom is -0.381 e. The standard InChI is InChI=1S/C19H18F3N3O2S/c1-11-15-10-16(17(26)23-13-5-7-27-8-6-13)28-18(15)25(24-11)14-4-2-3-12(9-14)19(20,21)22/h2-4,9-10,13H,5-8H2,1H3,(H,23,26). The Balaban J connectivity index is 1.67. The van der Waals surface area contributed by atoms with E-state index in [1.807, 2.05) is 0 Å². The molecule has 9 heteroatoms. The first-order valence-electron chi connectivity index (χ1n) is 8.88. The highest BCUT2D eigenvalue weighted by Crippen LogP contribution is 2.33. The highest BCUT2D eigenvalue weighted by Gasteiger charge is 2.31. The zero-order chi connectivity index (χ0) is 19.9. The molecule has 0 atom stereocenters. The second-order valence-corrected chi connectivity index (χ2v) is 7.77. The van der Waals surface area contributed by atoms with Crippen LogP contribution < -0.4 is 5.32 Å². The van der Waals surface area contributed by atoms with Crippen LogP contribution in [-0.2, 0) is 10.9 Å². The predicted octanol–water partition coefficient (Wildman–Crippen LogP) is 4.32. The maximum Gasteiger partial charge on any atom is 0.416 e. The van der Waals surface area contributed by atoms with Crippen molar-refractivity contribution in [3.63, 3.8) is 0 Å². The van der Waals surface area contributed by atoms with Gasteiger partial charge in [-0.05, 0) is 44.0 Å². The predicted molar refractivity (Wildman–Crippen MR) is 100.0 cm³/mol. The van der Waals surface area contributed by atoms with Crippen LogP contribution in [0.5, 0.6) is 0 Å². The lowest BCUT2D eigenvalue weighted by molar-refractivity contribution is -0.137. The van der Waals surface area contributed by atoms with E-state index in [4.69, 9.17) is 4.74 Å². The average molecular weight is 409 g/mol. The molecule has 2 aromatic heterocycles. The summed E-state index contributed by atoms with van der Waals surface area (Å²) in [5, 5.41) is 8.14. The van der Waals surface area contributed by atoms with Gasteiger partial charge in [0.05, 0.1) is 21.8 Å². The third-order valence-electron chi connectivity index (χ3n) is 4.74. The number of carbonyl (C=O) groups excluding carboxylic acids is 1. The molecule has 1 saturated heterocycles. The molecular weight excluding hydrogens is 391 g/mol. The third-order valence-corrected chi connectivity index (χ3v) is 5.85. The first kappa shape index (κ1) is 18.9. The van der Waals surface area contributed by atoms with E-state index in [1.165, 1.54) is 22.1 Å². The lowest BCUT2D eigenvalue weighted by Crippen LogP contribution is -2.38. The normalized spacial score (nSPS) is 15.9. The number of rotatable bonds is 3. The van der Waals surface area contributed by atoms with Gasteiger partial charge in [0, 0.05) is 24.6 Å². The zero-order valence-electron chi connectivity index (χ0n) is 15.0. The van der Waals surface area contributed by atoms with E-state index in [9.17, 15) is 18.0 Å². The van der Waals surface area contributed by atoms with Gasteiger partial charge in [0.15, 0.2) is 0 Å². The lowest BCUT2D eigenvalue weighted by Gasteiger charge is -2.22. The number of hydrogen-bond acceptors (Lipinski definition) is 4. The number of alkyl halides is 3. The molecule has 1 aromatic carbocycles. The summed E-state index contributed by atoms with van der Waals surface area (Å²) in [5.41, 5.74) is 0.236. The summed E-state index contributed by atoms with van der Waals surface area (Å²) < 4.78 is 45.9. The average Bonchev–Trinajstić information content (AvgIpc) is 3.23. The molecule has 0 unspecified atom stereocenters. The van der Waals surface area contributed by atoms with E-state index < -0.39 is 11.7 Å². The van der Waals surface area contributed by atoms with Gasteiger partial charge < -0.3 is 10.1 Å². The topological polar surface area (TPSA) is 56.2 Å². The molecule has 0 saturated carbocycles. The van der Waals surface area contributed by atoms with Crippen LogP contribution in [0, 0.1) is 6.92 Å². The van der Waals surface area contributed by atoms with Crippen molar-refractivity contribution in [3.05, 3.63) is 46.5 Å². The largest absolute Gasteiger partial charge is 0.416 e. The fourth-order valence-electron chi connectivity index (χ4n) is 3.25. The Kier molecular flexibility index (Phi) is 4.88. The number of nitrogens with zero attached hydrogens (tertiary/aromatic N) is 2. The van der Waals surface area contributed by atoms with Gasteiger partial charge in [-0.3, -0.25) is 4.79 Å². The number of aromatic nitrogens is 2. The van der Waals surface area contributed by atoms with Gasteiger partial charge >= 0.3 is 6.18 Å². The molecule has 1 fully saturated rings. The van der Waals surface area contributed by atoms with Gasteiger partial charge in [0.1, 0.15) is 4.83 Å². The Morgan fingerprint density at radius 2 is 2.04 bits per heavy atom. The quantitative estimate of drug-likeness (QED) is 0.701. The Morgan fingerprint density at radius 3 is 2.75 bits per heavy atom. The molecule has 0 radical (unpaired) electrons. The van der Waals surface area contributed by atoms with E-state index in [2.05, 4.69) is 10.4 Å². The van der Waals surface area contributed by atoms with Crippen molar-refractivity contribution in [3.8, 4) is 5.69 Å². The van der Waals surface area contributed by atoms with Crippen LogP contribution in [0.2, 0.25) is 0 Å². The fourth-order valence-corrected chi connectivity index (χ4v) is 4.33. The molecule has 1 aliphatic rings. The van der Waals surface area contributed by atoms with E-state index in [0.717, 1.165) is 30.4 Å². The smallest absolute Gasteiger partial charge is 0.381 e. The summed E-state index contributed by atoms with van der Waals surface area (Å²) in [4.78, 5) is 13.8. The first-order chi connectivity index (χ1) is 13.3. The molecular formula is C19H18F3N3O2S. The molecule has 3 aromatic rings. The molecule has 0 spiro atoms. The number of benzene rings is 1. The maximum atomic E-state index is 13.0. The van der Waals surface area contributed by atoms with Crippen LogP contribution >= 0.6 is 11.3 Å². The minimum absolute atomic E-state index is 0.0764. The Hall–Kier alpha value is -2.39. The number of halogens is 3. The number of fused-ring (bicyclic) bond motifs is 1. The van der Waals surface area contributed by atoms with Crippen molar-refractivity contribution in [2.24, 2.45) is 0 Å². The van der Waals surface area contributed by atoms with E-state index in [1.54, 1.807) is 19.1 Å². The van der Waals surface area contributed by atoms with Crippen LogP contribution in [0.1, 0.15) is 33.8 Å². The van der Waals surface area contributed by atoms with E-state index >= 15 is 0 Å². The van der Waals surface area contributed by atoms with Crippen molar-refractivity contribution in [1.29, 1.82) is 0 Å². The van der Waals surface area contributed by atoms with Crippen LogP contribution in [0.4, 0.5) is 13.2 Å². The summed E-state index contributed by atoms with van der Waals surface area (Å²) >= 11 is 1.23. The van der Waals surface area contributed by atoms with Gasteiger partial charge in [0.2, 0.25) is 0 Å². The van der Waals surface area contributed by atoms with E-state index in [-0.39, 0.29) is 11.9 Å². The van der Waals surface area contributed by atoms with Crippen LogP contribution in [0.15, 0.2) is 30.3 Å². The molecule has 3 heterocycles. The summed E-state index contributed by atoms with van der Waals surface area (Å²) in [6.45, 7) is 3.03. The first-order valence-corrected chi connectivity index (χ1v) is 9.70. The van der Waals surface area contributed by atoms with Crippen LogP contribution in [-0.4, -0.2) is 34.9 Å². The van der Waals surface area contributed by atoms with Crippen LogP contribution in [0.25, 0.3) is 15.9 Å². The molecule has 0 aliphatic carbocycles. The van der Waals surface area contributed by atoms with Gasteiger partial charge in [-0.1, -0.05) is 6.07 Å². The second-order valence-electron chi connectivity index (χ2n) is 6.73. The van der Waals surface area contributed by atoms with Gasteiger partial charge in [-0.2, -0.15) is 18.3 Å². The van der Waals surface area contributed by atoms with Crippen molar-refractivity contribution in [2.45, 2.75) is 32.0 Å². The SMILES string of the molecule is Cc1nn(-c2cccc(C(F)(F)F)c2)c2sc(C(=O)NC3CCOCC3)cc12. The Morgan fingerprint density at radius 1 is 1.29 bits per heavy atom. The number of amides is 1. The van der Waals surface area contributed by atoms with Crippen LogP contribution in [0.3, 0.4) is 0 Å². The number of carbonyl (C=O) groups is 1. The highest BCUT2D eigenvalue weighted by atomic mass is 32.1. The van der Waals surface area contributed by atoms with Gasteiger partial charge in [-0.25, -0.2) is 4.68 Å². The fraction of sp³-hybridized carbons (Fsp3) is 0.368. The number of aryl methyl sites for hydroxylation is 1. The molecule has 5 nitrogen and oxygen atoms in total. The zero-order valence-corrected chi connectivity index (χ0v) is 15.9. The minimum atomic E-state index is -4.43. The summed E-state index contributed by atoms with van der Waals surface area (Å²) in [5.74, 6) is -0.178. The van der Waals surface area contributed by atoms with Crippen molar-refractivity contribution < 1.29 is 22.7 Å². The Labute approximate surface area is 163 Å². The number of hydrogen-bond donors (Lipinski definition) is 1. The number of ether oxygens (including phenoxy) is 1. The van der Waals surface area contributed by atoms with Crippen molar-refractivity contribution in [1.82, 2.24) is 15.1 Å². The summed E-state index contributed by atoms with van der Waals surface area (Å²) in [6.07, 6.45) is -2.89. The number of nitrogens with one attached hydrogen (secondary N) is 1. The molecule has 28 heavy (non-hydrogen) atoms. The molecule has 1 N–H and O–H groups in total. The third kappa shape index (κ3) is 3.64. The monoisotopic (exact) mass is 409 g/mol. The second kappa shape index (κ2) is 7.21. The molecule has 1 aliphatic heterocycles. The highest BCUT2D eigenvalue weighted by molar-refractivity contribution is 7.20. The molecule has 1 amide bonds. The Bertz CT molecular complexity index is 1020. The molecule has 148 valence electrons. The van der Waals surface area contributed by atoms with E-state index in [0.29, 0.717) is 34.3 Å². The van der Waals surface area contributed by atoms with Gasteiger partial charge in [0.25, 0.3) is 5.91 Å². The van der Waals surface area contributed by atoms with Crippen molar-refractivity contribution in [2.75, 3.05) is 13.2 Å².